The summed E-state index contributed by atoms with van der Waals surface area (Å²) < 4.78 is 0. The van der Waals surface area contributed by atoms with Crippen LogP contribution in [0.5, 0.6) is 0 Å². The van der Waals surface area contributed by atoms with Crippen molar-refractivity contribution < 1.29 is 4.79 Å². The summed E-state index contributed by atoms with van der Waals surface area (Å²) in [5.74, 6) is 0.502. The van der Waals surface area contributed by atoms with E-state index in [0.29, 0.717) is 11.4 Å². The lowest BCUT2D eigenvalue weighted by Crippen LogP contribution is -2.33. The van der Waals surface area contributed by atoms with Gasteiger partial charge in [0.1, 0.15) is 5.82 Å². The Morgan fingerprint density at radius 1 is 1.22 bits per heavy atom. The number of rotatable bonds is 3. The van der Waals surface area contributed by atoms with Crippen molar-refractivity contribution in [3.8, 4) is 11.1 Å². The maximum absolute atomic E-state index is 12.3. The molecule has 1 fully saturated rings. The van der Waals surface area contributed by atoms with E-state index in [1.807, 2.05) is 37.3 Å². The van der Waals surface area contributed by atoms with Gasteiger partial charge in [0.2, 0.25) is 0 Å². The van der Waals surface area contributed by atoms with Crippen LogP contribution in [-0.4, -0.2) is 23.0 Å². The number of nitrogens with zero attached hydrogens (tertiary/aromatic N) is 1. The molecule has 0 aliphatic heterocycles. The van der Waals surface area contributed by atoms with E-state index in [9.17, 15) is 4.79 Å². The van der Waals surface area contributed by atoms with Crippen molar-refractivity contribution in [2.45, 2.75) is 38.3 Å². The first-order valence-electron chi connectivity index (χ1n) is 7.92. The Kier molecular flexibility index (Phi) is 4.30. The fraction of sp³-hybridized carbons (Fsp3) is 0.333. The maximum Gasteiger partial charge on any atom is 0.251 e. The van der Waals surface area contributed by atoms with Crippen LogP contribution in [0.25, 0.3) is 11.1 Å². The van der Waals surface area contributed by atoms with Gasteiger partial charge in [0.15, 0.2) is 0 Å². The molecular weight excluding hydrogens is 288 g/mol. The third-order valence-corrected chi connectivity index (χ3v) is 4.41. The van der Waals surface area contributed by atoms with Gasteiger partial charge in [0, 0.05) is 29.4 Å². The number of anilines is 1. The average molecular weight is 310 g/mol. The predicted molar refractivity (Wildman–Crippen MR) is 91.9 cm³/mol. The normalized spacial score (nSPS) is 20.4. The number of hydrogen-bond donors (Lipinski definition) is 3. The molecule has 1 aliphatic carbocycles. The zero-order valence-electron chi connectivity index (χ0n) is 13.3. The molecule has 1 aromatic carbocycles. The fourth-order valence-electron chi connectivity index (χ4n) is 2.97. The molecule has 1 saturated carbocycles. The zero-order valence-corrected chi connectivity index (χ0v) is 13.3. The Balaban J connectivity index is 1.71. The minimum atomic E-state index is -0.0396. The zero-order chi connectivity index (χ0) is 16.4. The number of nitrogens with one attached hydrogen (secondary N) is 1. The molecule has 120 valence electrons. The molecule has 0 bridgehead atoms. The van der Waals surface area contributed by atoms with E-state index >= 15 is 0 Å². The van der Waals surface area contributed by atoms with E-state index in [2.05, 4.69) is 10.3 Å². The second-order valence-electron chi connectivity index (χ2n) is 6.25. The number of amides is 1. The summed E-state index contributed by atoms with van der Waals surface area (Å²) in [4.78, 5) is 16.4. The molecule has 5 N–H and O–H groups in total. The van der Waals surface area contributed by atoms with Gasteiger partial charge >= 0.3 is 0 Å². The van der Waals surface area contributed by atoms with Crippen molar-refractivity contribution in [2.24, 2.45) is 5.73 Å². The van der Waals surface area contributed by atoms with E-state index in [1.165, 1.54) is 0 Å². The molecular formula is C18H22N4O. The van der Waals surface area contributed by atoms with E-state index in [1.54, 1.807) is 6.20 Å². The van der Waals surface area contributed by atoms with Crippen LogP contribution in [0.3, 0.4) is 0 Å². The standard InChI is InChI=1S/C18H22N4O/c1-11-8-14(10-21-17(11)20)12-2-4-13(5-3-12)18(23)22-16-7-6-15(19)9-16/h2-5,8,10,15-16H,6-7,9,19H2,1H3,(H2,20,21)(H,22,23). The van der Waals surface area contributed by atoms with Gasteiger partial charge in [-0.15, -0.1) is 0 Å². The van der Waals surface area contributed by atoms with Crippen LogP contribution in [0, 0.1) is 6.92 Å². The molecule has 5 heteroatoms. The lowest BCUT2D eigenvalue weighted by Gasteiger charge is -2.12. The second kappa shape index (κ2) is 6.38. The van der Waals surface area contributed by atoms with E-state index in [4.69, 9.17) is 11.5 Å². The van der Waals surface area contributed by atoms with E-state index < -0.39 is 0 Å². The molecule has 0 saturated heterocycles. The predicted octanol–water partition coefficient (Wildman–Crippen LogP) is 2.25. The van der Waals surface area contributed by atoms with Crippen molar-refractivity contribution in [3.63, 3.8) is 0 Å². The smallest absolute Gasteiger partial charge is 0.251 e. The maximum atomic E-state index is 12.3. The molecule has 1 heterocycles. The molecule has 2 atom stereocenters. The number of benzene rings is 1. The highest BCUT2D eigenvalue weighted by Crippen LogP contribution is 2.22. The van der Waals surface area contributed by atoms with Crippen molar-refractivity contribution in [3.05, 3.63) is 47.7 Å². The third-order valence-electron chi connectivity index (χ3n) is 4.41. The van der Waals surface area contributed by atoms with Crippen molar-refractivity contribution >= 4 is 11.7 Å². The number of pyridine rings is 1. The van der Waals surface area contributed by atoms with E-state index in [0.717, 1.165) is 36.0 Å². The van der Waals surface area contributed by atoms with Gasteiger partial charge in [-0.1, -0.05) is 12.1 Å². The highest BCUT2D eigenvalue weighted by molar-refractivity contribution is 5.94. The van der Waals surface area contributed by atoms with Crippen LogP contribution in [0.15, 0.2) is 36.5 Å². The summed E-state index contributed by atoms with van der Waals surface area (Å²) >= 11 is 0. The van der Waals surface area contributed by atoms with Gasteiger partial charge in [-0.2, -0.15) is 0 Å². The largest absolute Gasteiger partial charge is 0.383 e. The summed E-state index contributed by atoms with van der Waals surface area (Å²) in [5, 5.41) is 3.05. The monoisotopic (exact) mass is 310 g/mol. The SMILES string of the molecule is Cc1cc(-c2ccc(C(=O)NC3CCC(N)C3)cc2)cnc1N. The van der Waals surface area contributed by atoms with Crippen LogP contribution in [0.4, 0.5) is 5.82 Å². The Bertz CT molecular complexity index is 711. The van der Waals surface area contributed by atoms with E-state index in [-0.39, 0.29) is 18.0 Å². The first kappa shape index (κ1) is 15.5. The van der Waals surface area contributed by atoms with Crippen LogP contribution < -0.4 is 16.8 Å². The van der Waals surface area contributed by atoms with Crippen molar-refractivity contribution in [1.82, 2.24) is 10.3 Å². The number of nitrogens with two attached hydrogens (primary N) is 2. The van der Waals surface area contributed by atoms with Gasteiger partial charge < -0.3 is 16.8 Å². The van der Waals surface area contributed by atoms with Crippen LogP contribution >= 0.6 is 0 Å². The van der Waals surface area contributed by atoms with Crippen LogP contribution in [-0.2, 0) is 0 Å². The van der Waals surface area contributed by atoms with Crippen LogP contribution in [0.2, 0.25) is 0 Å². The highest BCUT2D eigenvalue weighted by Gasteiger charge is 2.23. The van der Waals surface area contributed by atoms with Crippen molar-refractivity contribution in [2.75, 3.05) is 5.73 Å². The summed E-state index contributed by atoms with van der Waals surface area (Å²) in [5.41, 5.74) is 15.2. The van der Waals surface area contributed by atoms with Gasteiger partial charge in [-0.3, -0.25) is 4.79 Å². The molecule has 1 aromatic heterocycles. The first-order chi connectivity index (χ1) is 11.0. The molecule has 0 radical (unpaired) electrons. The summed E-state index contributed by atoms with van der Waals surface area (Å²) in [6.07, 6.45) is 4.55. The molecule has 3 rings (SSSR count). The molecule has 5 nitrogen and oxygen atoms in total. The van der Waals surface area contributed by atoms with Crippen molar-refractivity contribution in [1.29, 1.82) is 0 Å². The average Bonchev–Trinajstić information content (AvgIpc) is 2.95. The Hall–Kier alpha value is -2.40. The quantitative estimate of drug-likeness (QED) is 0.810. The Labute approximate surface area is 136 Å². The number of aromatic nitrogens is 1. The van der Waals surface area contributed by atoms with Gasteiger partial charge in [0.25, 0.3) is 5.91 Å². The van der Waals surface area contributed by atoms with Crippen LogP contribution in [0.1, 0.15) is 35.2 Å². The third kappa shape index (κ3) is 3.51. The first-order valence-corrected chi connectivity index (χ1v) is 7.92. The summed E-state index contributed by atoms with van der Waals surface area (Å²) in [7, 11) is 0. The Morgan fingerprint density at radius 2 is 1.96 bits per heavy atom. The lowest BCUT2D eigenvalue weighted by molar-refractivity contribution is 0.0937. The summed E-state index contributed by atoms with van der Waals surface area (Å²) in [6, 6.07) is 9.95. The lowest BCUT2D eigenvalue weighted by atomic mass is 10.0. The second-order valence-corrected chi connectivity index (χ2v) is 6.25. The number of carbonyl (C=O) groups excluding carboxylic acids is 1. The number of hydrogen-bond acceptors (Lipinski definition) is 4. The molecule has 1 aliphatic rings. The topological polar surface area (TPSA) is 94.0 Å². The minimum absolute atomic E-state index is 0.0396. The number of nitrogen functional groups attached to an aromatic ring is 1. The highest BCUT2D eigenvalue weighted by atomic mass is 16.1. The van der Waals surface area contributed by atoms with Gasteiger partial charge in [-0.05, 0) is 55.5 Å². The number of aryl methyl sites for hydroxylation is 1. The minimum Gasteiger partial charge on any atom is -0.383 e. The Morgan fingerprint density at radius 3 is 2.57 bits per heavy atom. The number of carbonyl (C=O) groups is 1. The molecule has 0 spiro atoms. The van der Waals surface area contributed by atoms with Gasteiger partial charge in [0.05, 0.1) is 0 Å². The molecule has 2 unspecified atom stereocenters. The molecule has 23 heavy (non-hydrogen) atoms. The molecule has 2 aromatic rings. The molecule has 1 amide bonds. The fourth-order valence-corrected chi connectivity index (χ4v) is 2.97. The van der Waals surface area contributed by atoms with Gasteiger partial charge in [-0.25, -0.2) is 4.98 Å². The summed E-state index contributed by atoms with van der Waals surface area (Å²) in [6.45, 7) is 1.93.